The topological polar surface area (TPSA) is 69.3 Å². The number of carbonyl (C=O) groups excluding carboxylic acids is 2. The van der Waals surface area contributed by atoms with Crippen LogP contribution in [0.1, 0.15) is 68.2 Å². The van der Waals surface area contributed by atoms with Gasteiger partial charge in [-0.2, -0.15) is 0 Å². The first-order valence-electron chi connectivity index (χ1n) is 12.9. The fourth-order valence-corrected chi connectivity index (χ4v) is 5.86. The SMILES string of the molecule is Cc1cc(-c2[nH]c3ccc(C4CCN(C(=O)C5CCN(C)C(=O)C5)CC4)cc3c2C(C)C)ccn1. The Morgan fingerprint density at radius 3 is 2.54 bits per heavy atom. The summed E-state index contributed by atoms with van der Waals surface area (Å²) in [7, 11) is 1.82. The van der Waals surface area contributed by atoms with Gasteiger partial charge in [-0.25, -0.2) is 0 Å². The summed E-state index contributed by atoms with van der Waals surface area (Å²) >= 11 is 0. The number of aryl methyl sites for hydroxylation is 1. The number of pyridine rings is 1. The van der Waals surface area contributed by atoms with Crippen LogP contribution in [-0.2, 0) is 9.59 Å². The summed E-state index contributed by atoms with van der Waals surface area (Å²) in [6.45, 7) is 8.76. The van der Waals surface area contributed by atoms with Crippen molar-refractivity contribution in [2.45, 2.75) is 58.3 Å². The highest BCUT2D eigenvalue weighted by atomic mass is 16.2. The molecule has 6 heteroatoms. The van der Waals surface area contributed by atoms with Crippen LogP contribution in [0, 0.1) is 12.8 Å². The summed E-state index contributed by atoms with van der Waals surface area (Å²) in [5, 5.41) is 1.30. The van der Waals surface area contributed by atoms with E-state index in [2.05, 4.69) is 54.1 Å². The molecule has 184 valence electrons. The Morgan fingerprint density at radius 1 is 1.09 bits per heavy atom. The molecule has 2 fully saturated rings. The lowest BCUT2D eigenvalue weighted by Gasteiger charge is -2.36. The number of H-pyrrole nitrogens is 1. The molecule has 35 heavy (non-hydrogen) atoms. The van der Waals surface area contributed by atoms with Gasteiger partial charge >= 0.3 is 0 Å². The van der Waals surface area contributed by atoms with Gasteiger partial charge in [0, 0.05) is 67.4 Å². The Hall–Kier alpha value is -3.15. The number of nitrogens with one attached hydrogen (secondary N) is 1. The van der Waals surface area contributed by atoms with Crippen LogP contribution in [0.2, 0.25) is 0 Å². The Labute approximate surface area is 207 Å². The molecule has 2 aliphatic rings. The van der Waals surface area contributed by atoms with Gasteiger partial charge in [0.05, 0.1) is 5.69 Å². The van der Waals surface area contributed by atoms with Crippen LogP contribution in [0.5, 0.6) is 0 Å². The molecule has 1 N–H and O–H groups in total. The first-order valence-corrected chi connectivity index (χ1v) is 12.9. The van der Waals surface area contributed by atoms with Gasteiger partial charge in [-0.1, -0.05) is 19.9 Å². The molecule has 3 aromatic rings. The van der Waals surface area contributed by atoms with Gasteiger partial charge in [0.15, 0.2) is 0 Å². The van der Waals surface area contributed by atoms with Gasteiger partial charge in [-0.3, -0.25) is 14.6 Å². The van der Waals surface area contributed by atoms with Crippen LogP contribution in [0.4, 0.5) is 0 Å². The smallest absolute Gasteiger partial charge is 0.226 e. The predicted molar refractivity (Wildman–Crippen MR) is 139 cm³/mol. The number of rotatable bonds is 4. The van der Waals surface area contributed by atoms with Crippen LogP contribution in [0.3, 0.4) is 0 Å². The Morgan fingerprint density at radius 2 is 1.86 bits per heavy atom. The molecule has 5 rings (SSSR count). The van der Waals surface area contributed by atoms with E-state index in [0.29, 0.717) is 24.8 Å². The minimum Gasteiger partial charge on any atom is -0.354 e. The molecule has 2 amide bonds. The summed E-state index contributed by atoms with van der Waals surface area (Å²) in [6, 6.07) is 11.1. The molecule has 1 aromatic carbocycles. The van der Waals surface area contributed by atoms with E-state index in [9.17, 15) is 9.59 Å². The maximum absolute atomic E-state index is 13.1. The second-order valence-electron chi connectivity index (χ2n) is 10.7. The lowest BCUT2D eigenvalue weighted by Crippen LogP contribution is -2.46. The molecule has 6 nitrogen and oxygen atoms in total. The number of aromatic amines is 1. The first-order chi connectivity index (χ1) is 16.8. The van der Waals surface area contributed by atoms with E-state index in [-0.39, 0.29) is 17.7 Å². The zero-order chi connectivity index (χ0) is 24.7. The van der Waals surface area contributed by atoms with E-state index >= 15 is 0 Å². The van der Waals surface area contributed by atoms with E-state index in [4.69, 9.17) is 0 Å². The van der Waals surface area contributed by atoms with Crippen molar-refractivity contribution in [1.82, 2.24) is 19.8 Å². The number of hydrogen-bond donors (Lipinski definition) is 1. The van der Waals surface area contributed by atoms with Crippen molar-refractivity contribution in [3.8, 4) is 11.3 Å². The Bertz CT molecular complexity index is 1250. The molecule has 2 saturated heterocycles. The van der Waals surface area contributed by atoms with E-state index in [1.165, 1.54) is 33.3 Å². The lowest BCUT2D eigenvalue weighted by molar-refractivity contribution is -0.145. The van der Waals surface area contributed by atoms with Crippen molar-refractivity contribution in [2.24, 2.45) is 5.92 Å². The van der Waals surface area contributed by atoms with E-state index < -0.39 is 0 Å². The quantitative estimate of drug-likeness (QED) is 0.565. The van der Waals surface area contributed by atoms with Crippen LogP contribution in [-0.4, -0.2) is 58.3 Å². The standard InChI is InChI=1S/C29H36N4O2/c1-18(2)27-24-16-21(5-6-25(24)31-28(27)22-7-11-30-19(3)15-22)20-9-13-33(14-10-20)29(35)23-8-12-32(4)26(34)17-23/h5-7,11,15-16,18,20,23,31H,8-10,12-14,17H2,1-4H3. The minimum absolute atomic E-state index is 0.0894. The van der Waals surface area contributed by atoms with Crippen molar-refractivity contribution in [1.29, 1.82) is 0 Å². The third-order valence-electron chi connectivity index (χ3n) is 7.91. The monoisotopic (exact) mass is 472 g/mol. The van der Waals surface area contributed by atoms with E-state index in [1.54, 1.807) is 4.90 Å². The van der Waals surface area contributed by atoms with E-state index in [1.807, 2.05) is 25.1 Å². The van der Waals surface area contributed by atoms with Crippen molar-refractivity contribution in [2.75, 3.05) is 26.7 Å². The largest absolute Gasteiger partial charge is 0.354 e. The Balaban J connectivity index is 1.34. The van der Waals surface area contributed by atoms with E-state index in [0.717, 1.165) is 38.0 Å². The second kappa shape index (κ2) is 9.48. The molecule has 4 heterocycles. The van der Waals surface area contributed by atoms with Crippen LogP contribution < -0.4 is 0 Å². The molecular formula is C29H36N4O2. The molecular weight excluding hydrogens is 436 g/mol. The van der Waals surface area contributed by atoms with Crippen LogP contribution >= 0.6 is 0 Å². The number of piperidine rings is 2. The van der Waals surface area contributed by atoms with Crippen molar-refractivity contribution in [3.63, 3.8) is 0 Å². The fourth-order valence-electron chi connectivity index (χ4n) is 5.86. The van der Waals surface area contributed by atoms with Gasteiger partial charge in [0.25, 0.3) is 0 Å². The van der Waals surface area contributed by atoms with Crippen molar-refractivity contribution in [3.05, 3.63) is 53.3 Å². The number of hydrogen-bond acceptors (Lipinski definition) is 3. The third kappa shape index (κ3) is 4.58. The summed E-state index contributed by atoms with van der Waals surface area (Å²) in [4.78, 5) is 36.9. The number of aromatic nitrogens is 2. The average Bonchev–Trinajstić information content (AvgIpc) is 3.24. The zero-order valence-electron chi connectivity index (χ0n) is 21.3. The van der Waals surface area contributed by atoms with Crippen LogP contribution in [0.25, 0.3) is 22.2 Å². The molecule has 0 aliphatic carbocycles. The van der Waals surface area contributed by atoms with Gasteiger partial charge in [-0.15, -0.1) is 0 Å². The van der Waals surface area contributed by atoms with Crippen molar-refractivity contribution >= 4 is 22.7 Å². The third-order valence-corrected chi connectivity index (χ3v) is 7.91. The maximum Gasteiger partial charge on any atom is 0.226 e. The highest BCUT2D eigenvalue weighted by Crippen LogP contribution is 2.38. The number of nitrogens with zero attached hydrogens (tertiary/aromatic N) is 3. The number of likely N-dealkylation sites (tertiary alicyclic amines) is 2. The molecule has 0 radical (unpaired) electrons. The number of benzene rings is 1. The molecule has 0 spiro atoms. The molecule has 0 saturated carbocycles. The summed E-state index contributed by atoms with van der Waals surface area (Å²) in [6.07, 6.45) is 4.95. The normalized spacial score (nSPS) is 19.7. The lowest BCUT2D eigenvalue weighted by atomic mass is 9.86. The first kappa shape index (κ1) is 23.6. The zero-order valence-corrected chi connectivity index (χ0v) is 21.3. The number of fused-ring (bicyclic) bond motifs is 1. The van der Waals surface area contributed by atoms with Crippen LogP contribution in [0.15, 0.2) is 36.5 Å². The van der Waals surface area contributed by atoms with Gasteiger partial charge < -0.3 is 14.8 Å². The number of amides is 2. The summed E-state index contributed by atoms with van der Waals surface area (Å²) in [5.74, 6) is 0.954. The Kier molecular flexibility index (Phi) is 6.39. The molecule has 2 aromatic heterocycles. The predicted octanol–water partition coefficient (Wildman–Crippen LogP) is 5.24. The summed E-state index contributed by atoms with van der Waals surface area (Å²) < 4.78 is 0. The number of carbonyl (C=O) groups is 2. The maximum atomic E-state index is 13.1. The minimum atomic E-state index is -0.143. The molecule has 2 aliphatic heterocycles. The second-order valence-corrected chi connectivity index (χ2v) is 10.7. The summed E-state index contributed by atoms with van der Waals surface area (Å²) in [5.41, 5.74) is 7.26. The highest BCUT2D eigenvalue weighted by molar-refractivity contribution is 5.92. The van der Waals surface area contributed by atoms with Gasteiger partial charge in [0.1, 0.15) is 0 Å². The molecule has 0 bridgehead atoms. The molecule has 1 unspecified atom stereocenters. The van der Waals surface area contributed by atoms with Gasteiger partial charge in [0.2, 0.25) is 11.8 Å². The highest BCUT2D eigenvalue weighted by Gasteiger charge is 2.33. The van der Waals surface area contributed by atoms with Gasteiger partial charge in [-0.05, 0) is 73.4 Å². The van der Waals surface area contributed by atoms with Crippen molar-refractivity contribution < 1.29 is 9.59 Å². The average molecular weight is 473 g/mol. The molecule has 1 atom stereocenters. The fraction of sp³-hybridized carbons (Fsp3) is 0.483.